The topological polar surface area (TPSA) is 59.4 Å². The van der Waals surface area contributed by atoms with E-state index in [-0.39, 0.29) is 0 Å². The molecule has 2 aromatic carbocycles. The molecule has 1 unspecified atom stereocenters. The molecule has 0 aliphatic heterocycles. The number of nitrogens with zero attached hydrogens (tertiary/aromatic N) is 1. The van der Waals surface area contributed by atoms with Crippen LogP contribution in [0.3, 0.4) is 0 Å². The van der Waals surface area contributed by atoms with Crippen molar-refractivity contribution in [1.29, 1.82) is 0 Å². The van der Waals surface area contributed by atoms with Crippen LogP contribution in [-0.2, 0) is 4.79 Å². The van der Waals surface area contributed by atoms with Gasteiger partial charge >= 0.3 is 5.97 Å². The van der Waals surface area contributed by atoms with E-state index in [2.05, 4.69) is 4.98 Å². The first-order valence-electron chi connectivity index (χ1n) is 7.56. The molecule has 0 saturated carbocycles. The minimum atomic E-state index is -0.863. The van der Waals surface area contributed by atoms with Crippen molar-refractivity contribution in [2.75, 3.05) is 6.61 Å². The van der Waals surface area contributed by atoms with Crippen molar-refractivity contribution in [1.82, 2.24) is 4.98 Å². The van der Waals surface area contributed by atoms with Crippen LogP contribution < -0.4 is 4.74 Å². The van der Waals surface area contributed by atoms with E-state index in [1.165, 1.54) is 23.1 Å². The maximum absolute atomic E-state index is 11.7. The molecule has 1 N–H and O–H groups in total. The monoisotopic (exact) mass is 359 g/mol. The Morgan fingerprint density at radius 3 is 2.71 bits per heavy atom. The van der Waals surface area contributed by atoms with Crippen molar-refractivity contribution in [3.05, 3.63) is 53.6 Å². The van der Waals surface area contributed by atoms with E-state index in [4.69, 9.17) is 4.74 Å². The number of benzene rings is 2. The number of aliphatic carboxylic acids is 1. The van der Waals surface area contributed by atoms with Gasteiger partial charge in [-0.2, -0.15) is 0 Å². The Bertz CT molecular complexity index is 858. The summed E-state index contributed by atoms with van der Waals surface area (Å²) in [6.07, 6.45) is 0. The number of aromatic nitrogens is 1. The molecule has 0 aliphatic carbocycles. The van der Waals surface area contributed by atoms with E-state index in [0.717, 1.165) is 31.4 Å². The van der Waals surface area contributed by atoms with Crippen LogP contribution in [0.15, 0.2) is 46.8 Å². The summed E-state index contributed by atoms with van der Waals surface area (Å²) in [5, 5.41) is 8.91. The third-order valence-corrected chi connectivity index (χ3v) is 5.83. The van der Waals surface area contributed by atoms with Gasteiger partial charge in [-0.1, -0.05) is 41.6 Å². The number of thioether (sulfide) groups is 1. The first-order chi connectivity index (χ1) is 11.6. The standard InChI is InChI=1S/C18H17NO3S2/c1-3-22-13-8-9-14-15(10-13)23-18(19-14)24-16(17(20)21)12-6-4-11(2)5-7-12/h4-10,16H,3H2,1-2H3,(H,20,21). The molecular weight excluding hydrogens is 342 g/mol. The molecule has 1 heterocycles. The number of carbonyl (C=O) groups is 1. The van der Waals surface area contributed by atoms with Crippen LogP contribution in [0.5, 0.6) is 5.75 Å². The van der Waals surface area contributed by atoms with Gasteiger partial charge in [0.1, 0.15) is 11.0 Å². The molecule has 1 atom stereocenters. The van der Waals surface area contributed by atoms with Crippen LogP contribution in [-0.4, -0.2) is 22.7 Å². The molecule has 1 aromatic heterocycles. The number of rotatable bonds is 6. The summed E-state index contributed by atoms with van der Waals surface area (Å²) < 4.78 is 7.24. The minimum Gasteiger partial charge on any atom is -0.494 e. The highest BCUT2D eigenvalue weighted by Crippen LogP contribution is 2.40. The van der Waals surface area contributed by atoms with Gasteiger partial charge in [-0.3, -0.25) is 4.79 Å². The van der Waals surface area contributed by atoms with E-state index in [1.54, 1.807) is 0 Å². The zero-order valence-electron chi connectivity index (χ0n) is 13.4. The summed E-state index contributed by atoms with van der Waals surface area (Å²) in [5.74, 6) is -0.0587. The van der Waals surface area contributed by atoms with E-state index >= 15 is 0 Å². The van der Waals surface area contributed by atoms with E-state index in [9.17, 15) is 9.90 Å². The Kier molecular flexibility index (Phi) is 5.06. The van der Waals surface area contributed by atoms with E-state index in [0.29, 0.717) is 6.61 Å². The van der Waals surface area contributed by atoms with Crippen molar-refractivity contribution in [2.24, 2.45) is 0 Å². The Morgan fingerprint density at radius 2 is 2.04 bits per heavy atom. The zero-order chi connectivity index (χ0) is 17.1. The summed E-state index contributed by atoms with van der Waals surface area (Å²) in [4.78, 5) is 16.2. The van der Waals surface area contributed by atoms with Gasteiger partial charge < -0.3 is 9.84 Å². The predicted molar refractivity (Wildman–Crippen MR) is 98.2 cm³/mol. The van der Waals surface area contributed by atoms with E-state index < -0.39 is 11.2 Å². The molecular formula is C18H17NO3S2. The van der Waals surface area contributed by atoms with E-state index in [1.807, 2.05) is 56.3 Å². The zero-order valence-corrected chi connectivity index (χ0v) is 15.0. The molecule has 4 nitrogen and oxygen atoms in total. The molecule has 124 valence electrons. The maximum atomic E-state index is 11.7. The number of aryl methyl sites for hydroxylation is 1. The summed E-state index contributed by atoms with van der Waals surface area (Å²) in [6, 6.07) is 13.3. The lowest BCUT2D eigenvalue weighted by Gasteiger charge is -2.10. The van der Waals surface area contributed by atoms with Gasteiger partial charge in [0.2, 0.25) is 0 Å². The molecule has 3 rings (SSSR count). The van der Waals surface area contributed by atoms with Crippen LogP contribution >= 0.6 is 23.1 Å². The van der Waals surface area contributed by atoms with Crippen molar-refractivity contribution in [3.63, 3.8) is 0 Å². The van der Waals surface area contributed by atoms with Crippen molar-refractivity contribution in [2.45, 2.75) is 23.4 Å². The minimum absolute atomic E-state index is 0.612. The molecule has 0 radical (unpaired) electrons. The lowest BCUT2D eigenvalue weighted by molar-refractivity contribution is -0.136. The molecule has 0 bridgehead atoms. The smallest absolute Gasteiger partial charge is 0.321 e. The van der Waals surface area contributed by atoms with Crippen molar-refractivity contribution in [3.8, 4) is 5.75 Å². The van der Waals surface area contributed by atoms with Gasteiger partial charge in [0, 0.05) is 0 Å². The fraction of sp³-hybridized carbons (Fsp3) is 0.222. The SMILES string of the molecule is CCOc1ccc2nc(SC(C(=O)O)c3ccc(C)cc3)sc2c1. The second-order valence-electron chi connectivity index (χ2n) is 5.29. The van der Waals surface area contributed by atoms with Gasteiger partial charge in [0.25, 0.3) is 0 Å². The van der Waals surface area contributed by atoms with Gasteiger partial charge in [-0.25, -0.2) is 4.98 Å². The second kappa shape index (κ2) is 7.23. The quantitative estimate of drug-likeness (QED) is 0.633. The van der Waals surface area contributed by atoms with Gasteiger partial charge in [-0.15, -0.1) is 11.3 Å². The summed E-state index contributed by atoms with van der Waals surface area (Å²) in [6.45, 7) is 4.54. The maximum Gasteiger partial charge on any atom is 0.321 e. The highest BCUT2D eigenvalue weighted by molar-refractivity contribution is 8.02. The fourth-order valence-corrected chi connectivity index (χ4v) is 4.52. The summed E-state index contributed by atoms with van der Waals surface area (Å²) in [5.41, 5.74) is 2.74. The van der Waals surface area contributed by atoms with Crippen molar-refractivity contribution < 1.29 is 14.6 Å². The molecule has 0 aliphatic rings. The number of carboxylic acid groups (broad SMARTS) is 1. The van der Waals surface area contributed by atoms with Gasteiger partial charge in [0.15, 0.2) is 4.34 Å². The molecule has 24 heavy (non-hydrogen) atoms. The molecule has 6 heteroatoms. The fourth-order valence-electron chi connectivity index (χ4n) is 2.29. The molecule has 0 fully saturated rings. The molecule has 3 aromatic rings. The van der Waals surface area contributed by atoms with Crippen LogP contribution in [0, 0.1) is 6.92 Å². The average molecular weight is 359 g/mol. The lowest BCUT2D eigenvalue weighted by Crippen LogP contribution is -2.07. The second-order valence-corrected chi connectivity index (χ2v) is 7.67. The van der Waals surface area contributed by atoms with Crippen LogP contribution in [0.4, 0.5) is 0 Å². The number of hydrogen-bond donors (Lipinski definition) is 1. The molecule has 0 spiro atoms. The first kappa shape index (κ1) is 16.8. The summed E-state index contributed by atoms with van der Waals surface area (Å²) in [7, 11) is 0. The first-order valence-corrected chi connectivity index (χ1v) is 9.26. The average Bonchev–Trinajstić information content (AvgIpc) is 2.95. The van der Waals surface area contributed by atoms with Crippen LogP contribution in [0.2, 0.25) is 0 Å². The largest absolute Gasteiger partial charge is 0.494 e. The van der Waals surface area contributed by atoms with Gasteiger partial charge in [0.05, 0.1) is 16.8 Å². The number of ether oxygens (including phenoxy) is 1. The van der Waals surface area contributed by atoms with Gasteiger partial charge in [-0.05, 0) is 37.6 Å². The Labute approximate surface area is 148 Å². The predicted octanol–water partition coefficient (Wildman–Crippen LogP) is 4.92. The number of thiazole rings is 1. The Morgan fingerprint density at radius 1 is 1.29 bits per heavy atom. The Balaban J connectivity index is 1.88. The highest BCUT2D eigenvalue weighted by atomic mass is 32.2. The Hall–Kier alpha value is -2.05. The number of fused-ring (bicyclic) bond motifs is 1. The lowest BCUT2D eigenvalue weighted by atomic mass is 10.1. The van der Waals surface area contributed by atoms with Crippen molar-refractivity contribution >= 4 is 39.3 Å². The number of carboxylic acids is 1. The van der Waals surface area contributed by atoms with Crippen LogP contribution in [0.1, 0.15) is 23.3 Å². The molecule has 0 amide bonds. The highest BCUT2D eigenvalue weighted by Gasteiger charge is 2.23. The van der Waals surface area contributed by atoms with Crippen LogP contribution in [0.25, 0.3) is 10.2 Å². The third-order valence-electron chi connectivity index (χ3n) is 3.47. The third kappa shape index (κ3) is 3.71. The number of hydrogen-bond acceptors (Lipinski definition) is 5. The normalized spacial score (nSPS) is 12.2. The molecule has 0 saturated heterocycles. The summed E-state index contributed by atoms with van der Waals surface area (Å²) >= 11 is 2.76.